The van der Waals surface area contributed by atoms with Gasteiger partial charge in [0, 0.05) is 23.0 Å². The lowest BCUT2D eigenvalue weighted by atomic mass is 9.80. The first-order valence-electron chi connectivity index (χ1n) is 6.46. The summed E-state index contributed by atoms with van der Waals surface area (Å²) in [5, 5.41) is 12.7. The van der Waals surface area contributed by atoms with Crippen LogP contribution in [0.5, 0.6) is 0 Å². The molecule has 0 aromatic heterocycles. The van der Waals surface area contributed by atoms with Crippen molar-refractivity contribution in [1.29, 1.82) is 0 Å². The Balaban J connectivity index is 2.48. The van der Waals surface area contributed by atoms with Gasteiger partial charge in [-0.2, -0.15) is 5.06 Å². The minimum Gasteiger partial charge on any atom is -0.378 e. The lowest BCUT2D eigenvalue weighted by Gasteiger charge is -2.51. The molecule has 0 aliphatic carbocycles. The third-order valence-electron chi connectivity index (χ3n) is 3.48. The molecule has 0 radical (unpaired) electrons. The average Bonchev–Trinajstić information content (AvgIpc) is 2.20. The van der Waals surface area contributed by atoms with Crippen LogP contribution in [0.3, 0.4) is 0 Å². The zero-order valence-electron chi connectivity index (χ0n) is 11.5. The maximum absolute atomic E-state index is 10.2. The molecule has 0 bridgehead atoms. The minimum atomic E-state index is -0.207. The van der Waals surface area contributed by atoms with Crippen LogP contribution in [0.2, 0.25) is 0 Å². The number of hydroxylamine groups is 2. The molecule has 1 heterocycles. The topological polar surface area (TPSA) is 32.7 Å². The molecule has 17 heavy (non-hydrogen) atoms. The fraction of sp³-hybridized carbons (Fsp3) is 1.00. The van der Waals surface area contributed by atoms with E-state index in [4.69, 9.17) is 4.74 Å². The van der Waals surface area contributed by atoms with Gasteiger partial charge in [0.2, 0.25) is 0 Å². The van der Waals surface area contributed by atoms with Crippen LogP contribution in [0.1, 0.15) is 53.4 Å². The number of rotatable bonds is 5. The molecule has 0 spiro atoms. The van der Waals surface area contributed by atoms with Crippen molar-refractivity contribution in [2.75, 3.05) is 11.9 Å². The smallest absolute Gasteiger partial charge is 0.0611 e. The fourth-order valence-electron chi connectivity index (χ4n) is 2.74. The van der Waals surface area contributed by atoms with E-state index in [2.05, 4.69) is 43.6 Å². The molecule has 0 aromatic carbocycles. The van der Waals surface area contributed by atoms with E-state index in [-0.39, 0.29) is 17.2 Å². The molecule has 1 rings (SSSR count). The lowest BCUT2D eigenvalue weighted by molar-refractivity contribution is -0.261. The van der Waals surface area contributed by atoms with Crippen LogP contribution < -0.4 is 0 Å². The van der Waals surface area contributed by atoms with Crippen LogP contribution in [0.25, 0.3) is 0 Å². The van der Waals surface area contributed by atoms with Gasteiger partial charge in [-0.25, -0.2) is 0 Å². The van der Waals surface area contributed by atoms with Crippen molar-refractivity contribution >= 4 is 15.9 Å². The Morgan fingerprint density at radius 3 is 2.18 bits per heavy atom. The van der Waals surface area contributed by atoms with Crippen molar-refractivity contribution in [3.63, 3.8) is 0 Å². The van der Waals surface area contributed by atoms with E-state index in [9.17, 15) is 5.21 Å². The Bertz CT molecular complexity index is 226. The fourth-order valence-corrected chi connectivity index (χ4v) is 3.14. The van der Waals surface area contributed by atoms with Crippen molar-refractivity contribution < 1.29 is 9.94 Å². The first kappa shape index (κ1) is 15.4. The summed E-state index contributed by atoms with van der Waals surface area (Å²) in [6, 6.07) is 0. The summed E-state index contributed by atoms with van der Waals surface area (Å²) >= 11 is 3.42. The number of piperidine rings is 1. The van der Waals surface area contributed by atoms with Gasteiger partial charge in [0.1, 0.15) is 0 Å². The normalized spacial score (nSPS) is 25.1. The lowest BCUT2D eigenvalue weighted by Crippen LogP contribution is -2.60. The zero-order valence-corrected chi connectivity index (χ0v) is 13.1. The van der Waals surface area contributed by atoms with E-state index in [1.807, 2.05) is 0 Å². The Kier molecular flexibility index (Phi) is 5.44. The molecule has 102 valence electrons. The number of ether oxygens (including phenoxy) is 1. The van der Waals surface area contributed by atoms with E-state index in [0.717, 1.165) is 37.6 Å². The summed E-state index contributed by atoms with van der Waals surface area (Å²) in [6.45, 7) is 9.12. The Hall–Kier alpha value is 0.360. The first-order chi connectivity index (χ1) is 7.79. The monoisotopic (exact) mass is 307 g/mol. The summed E-state index contributed by atoms with van der Waals surface area (Å²) < 4.78 is 5.95. The van der Waals surface area contributed by atoms with E-state index >= 15 is 0 Å². The molecule has 1 aliphatic rings. The molecular weight excluding hydrogens is 282 g/mol. The van der Waals surface area contributed by atoms with Crippen LogP contribution in [0.15, 0.2) is 0 Å². The van der Waals surface area contributed by atoms with Gasteiger partial charge in [-0.05, 0) is 53.4 Å². The SMILES string of the molecule is CC1(C)CC(OCCCCBr)CC(C)(C)N1O. The third kappa shape index (κ3) is 4.19. The van der Waals surface area contributed by atoms with Crippen LogP contribution in [-0.4, -0.2) is 39.4 Å². The number of hydrogen-bond acceptors (Lipinski definition) is 3. The zero-order chi connectivity index (χ0) is 13.1. The molecule has 1 N–H and O–H groups in total. The van der Waals surface area contributed by atoms with E-state index in [0.29, 0.717) is 0 Å². The van der Waals surface area contributed by atoms with Crippen LogP contribution in [-0.2, 0) is 4.74 Å². The van der Waals surface area contributed by atoms with Gasteiger partial charge in [0.15, 0.2) is 0 Å². The van der Waals surface area contributed by atoms with Gasteiger partial charge in [0.05, 0.1) is 6.10 Å². The maximum Gasteiger partial charge on any atom is 0.0611 e. The second-order valence-corrected chi connectivity index (χ2v) is 7.03. The van der Waals surface area contributed by atoms with Gasteiger partial charge in [-0.15, -0.1) is 0 Å². The molecule has 1 aliphatic heterocycles. The van der Waals surface area contributed by atoms with Crippen molar-refractivity contribution in [1.82, 2.24) is 5.06 Å². The van der Waals surface area contributed by atoms with Gasteiger partial charge in [-0.1, -0.05) is 15.9 Å². The van der Waals surface area contributed by atoms with E-state index < -0.39 is 0 Å². The number of nitrogens with zero attached hydrogens (tertiary/aromatic N) is 1. The highest BCUT2D eigenvalue weighted by atomic mass is 79.9. The number of unbranched alkanes of at least 4 members (excludes halogenated alkanes) is 1. The van der Waals surface area contributed by atoms with Crippen molar-refractivity contribution in [2.45, 2.75) is 70.6 Å². The average molecular weight is 308 g/mol. The quantitative estimate of drug-likeness (QED) is 0.622. The largest absolute Gasteiger partial charge is 0.378 e. The third-order valence-corrected chi connectivity index (χ3v) is 4.04. The summed E-state index contributed by atoms with van der Waals surface area (Å²) in [6.07, 6.45) is 4.30. The first-order valence-corrected chi connectivity index (χ1v) is 7.58. The Labute approximate surface area is 114 Å². The minimum absolute atomic E-state index is 0.207. The molecule has 0 unspecified atom stereocenters. The summed E-state index contributed by atoms with van der Waals surface area (Å²) in [5.41, 5.74) is -0.413. The molecule has 0 amide bonds. The second kappa shape index (κ2) is 6.00. The second-order valence-electron chi connectivity index (χ2n) is 6.23. The molecule has 3 nitrogen and oxygen atoms in total. The van der Waals surface area contributed by atoms with Crippen LogP contribution in [0.4, 0.5) is 0 Å². The summed E-state index contributed by atoms with van der Waals surface area (Å²) in [4.78, 5) is 0. The van der Waals surface area contributed by atoms with Crippen LogP contribution in [0, 0.1) is 0 Å². The molecule has 0 atom stereocenters. The molecule has 4 heteroatoms. The van der Waals surface area contributed by atoms with Gasteiger partial charge >= 0.3 is 0 Å². The van der Waals surface area contributed by atoms with Crippen molar-refractivity contribution in [2.24, 2.45) is 0 Å². The van der Waals surface area contributed by atoms with E-state index in [1.54, 1.807) is 0 Å². The van der Waals surface area contributed by atoms with Gasteiger partial charge in [-0.3, -0.25) is 0 Å². The standard InChI is InChI=1S/C13H26BrNO2/c1-12(2)9-11(17-8-6-5-7-14)10-13(3,4)15(12)16/h11,16H,5-10H2,1-4H3. The summed E-state index contributed by atoms with van der Waals surface area (Å²) in [5.74, 6) is 0. The molecular formula is C13H26BrNO2. The molecule has 1 saturated heterocycles. The number of alkyl halides is 1. The van der Waals surface area contributed by atoms with Crippen LogP contribution >= 0.6 is 15.9 Å². The molecule has 1 fully saturated rings. The van der Waals surface area contributed by atoms with Gasteiger partial charge < -0.3 is 9.94 Å². The molecule has 0 saturated carbocycles. The highest BCUT2D eigenvalue weighted by molar-refractivity contribution is 9.09. The number of halogens is 1. The van der Waals surface area contributed by atoms with E-state index in [1.165, 1.54) is 5.06 Å². The van der Waals surface area contributed by atoms with Crippen molar-refractivity contribution in [3.05, 3.63) is 0 Å². The Morgan fingerprint density at radius 2 is 1.71 bits per heavy atom. The predicted octanol–water partition coefficient (Wildman–Crippen LogP) is 3.59. The van der Waals surface area contributed by atoms with Crippen molar-refractivity contribution in [3.8, 4) is 0 Å². The highest BCUT2D eigenvalue weighted by Gasteiger charge is 2.45. The number of hydrogen-bond donors (Lipinski definition) is 1. The van der Waals surface area contributed by atoms with Gasteiger partial charge in [0.25, 0.3) is 0 Å². The summed E-state index contributed by atoms with van der Waals surface area (Å²) in [7, 11) is 0. The molecule has 0 aromatic rings. The maximum atomic E-state index is 10.2. The Morgan fingerprint density at radius 1 is 1.18 bits per heavy atom. The predicted molar refractivity (Wildman–Crippen MR) is 73.8 cm³/mol. The highest BCUT2D eigenvalue weighted by Crippen LogP contribution is 2.37.